The van der Waals surface area contributed by atoms with Gasteiger partial charge >= 0.3 is 0 Å². The molecular formula is C18H28N2O. The maximum absolute atomic E-state index is 11.5. The molecule has 1 aromatic heterocycles. The predicted molar refractivity (Wildman–Crippen MR) is 86.5 cm³/mol. The minimum absolute atomic E-state index is 0.0359. The number of aromatic nitrogens is 1. The van der Waals surface area contributed by atoms with E-state index in [1.807, 2.05) is 6.07 Å². The molecule has 1 saturated carbocycles. The maximum atomic E-state index is 11.5. The Morgan fingerprint density at radius 2 is 2.00 bits per heavy atom. The van der Waals surface area contributed by atoms with E-state index in [-0.39, 0.29) is 5.56 Å². The summed E-state index contributed by atoms with van der Waals surface area (Å²) in [5.74, 6) is 0.844. The quantitative estimate of drug-likeness (QED) is 0.887. The van der Waals surface area contributed by atoms with Gasteiger partial charge in [-0.15, -0.1) is 0 Å². The summed E-state index contributed by atoms with van der Waals surface area (Å²) >= 11 is 0. The number of aryl methyl sites for hydroxylation is 1. The summed E-state index contributed by atoms with van der Waals surface area (Å²) in [5, 5.41) is 3.93. The normalized spacial score (nSPS) is 24.5. The summed E-state index contributed by atoms with van der Waals surface area (Å²) in [6.45, 7) is 2.31. The van der Waals surface area contributed by atoms with Crippen LogP contribution in [0.15, 0.2) is 16.9 Å². The van der Waals surface area contributed by atoms with Crippen molar-refractivity contribution in [3.63, 3.8) is 0 Å². The first-order valence-electron chi connectivity index (χ1n) is 8.76. The Balaban J connectivity index is 1.73. The van der Waals surface area contributed by atoms with Gasteiger partial charge in [-0.3, -0.25) is 4.79 Å². The van der Waals surface area contributed by atoms with Crippen LogP contribution in [0.25, 0.3) is 0 Å². The molecule has 21 heavy (non-hydrogen) atoms. The Kier molecular flexibility index (Phi) is 4.79. The number of H-pyrrole nitrogens is 1. The third kappa shape index (κ3) is 3.39. The van der Waals surface area contributed by atoms with Crippen LogP contribution < -0.4 is 10.9 Å². The Hall–Kier alpha value is -1.09. The first kappa shape index (κ1) is 14.8. The summed E-state index contributed by atoms with van der Waals surface area (Å²) < 4.78 is 0. The van der Waals surface area contributed by atoms with Crippen molar-refractivity contribution in [1.29, 1.82) is 0 Å². The summed E-state index contributed by atoms with van der Waals surface area (Å²) in [6, 6.07) is 4.78. The van der Waals surface area contributed by atoms with Crippen LogP contribution in [0.4, 0.5) is 0 Å². The lowest BCUT2D eigenvalue weighted by molar-refractivity contribution is 0.238. The van der Waals surface area contributed by atoms with E-state index < -0.39 is 0 Å². The molecule has 116 valence electrons. The predicted octanol–water partition coefficient (Wildman–Crippen LogP) is 3.70. The van der Waals surface area contributed by atoms with E-state index in [4.69, 9.17) is 0 Å². The van der Waals surface area contributed by atoms with Gasteiger partial charge in [0, 0.05) is 23.8 Å². The maximum Gasteiger partial charge on any atom is 0.248 e. The zero-order chi connectivity index (χ0) is 14.7. The molecular weight excluding hydrogens is 260 g/mol. The largest absolute Gasteiger partial charge is 0.326 e. The van der Waals surface area contributed by atoms with Crippen molar-refractivity contribution in [3.05, 3.63) is 33.7 Å². The fourth-order valence-corrected chi connectivity index (χ4v) is 4.26. The minimum Gasteiger partial charge on any atom is -0.326 e. The average molecular weight is 288 g/mol. The molecule has 0 aromatic carbocycles. The highest BCUT2D eigenvalue weighted by atomic mass is 16.1. The Morgan fingerprint density at radius 1 is 1.19 bits per heavy atom. The highest BCUT2D eigenvalue weighted by Crippen LogP contribution is 2.32. The molecule has 0 bridgehead atoms. The van der Waals surface area contributed by atoms with Crippen LogP contribution in [0.1, 0.15) is 75.6 Å². The first-order chi connectivity index (χ1) is 10.3. The van der Waals surface area contributed by atoms with Gasteiger partial charge in [0.05, 0.1) is 0 Å². The second kappa shape index (κ2) is 6.78. The van der Waals surface area contributed by atoms with Gasteiger partial charge in [-0.05, 0) is 50.0 Å². The molecule has 2 unspecified atom stereocenters. The molecule has 0 aliphatic heterocycles. The van der Waals surface area contributed by atoms with Crippen molar-refractivity contribution >= 4 is 0 Å². The first-order valence-corrected chi connectivity index (χ1v) is 8.76. The lowest BCUT2D eigenvalue weighted by atomic mass is 9.81. The number of aromatic amines is 1. The van der Waals surface area contributed by atoms with Crippen molar-refractivity contribution in [2.24, 2.45) is 5.92 Å². The van der Waals surface area contributed by atoms with Gasteiger partial charge in [0.2, 0.25) is 5.56 Å². The van der Waals surface area contributed by atoms with E-state index in [2.05, 4.69) is 17.2 Å². The third-order valence-corrected chi connectivity index (χ3v) is 5.41. The summed E-state index contributed by atoms with van der Waals surface area (Å²) in [5.41, 5.74) is 2.52. The van der Waals surface area contributed by atoms with E-state index in [0.29, 0.717) is 12.1 Å². The van der Waals surface area contributed by atoms with Gasteiger partial charge in [0.15, 0.2) is 0 Å². The zero-order valence-corrected chi connectivity index (χ0v) is 13.2. The minimum atomic E-state index is 0.0359. The molecule has 1 aromatic rings. The van der Waals surface area contributed by atoms with E-state index in [1.165, 1.54) is 56.9 Å². The van der Waals surface area contributed by atoms with Crippen LogP contribution in [-0.2, 0) is 6.42 Å². The number of rotatable bonds is 4. The van der Waals surface area contributed by atoms with Gasteiger partial charge in [-0.2, -0.15) is 0 Å². The standard InChI is InChI=1S/C18H28N2O/c1-2-15(13-7-4-3-5-8-13)19-16-9-6-10-17-14(16)11-12-18(21)20-17/h11-13,15-16,19H,2-10H2,1H3,(H,20,21). The number of pyridine rings is 1. The molecule has 3 heteroatoms. The van der Waals surface area contributed by atoms with E-state index >= 15 is 0 Å². The lowest BCUT2D eigenvalue weighted by Gasteiger charge is -2.35. The van der Waals surface area contributed by atoms with Gasteiger partial charge in [0.1, 0.15) is 0 Å². The molecule has 3 nitrogen and oxygen atoms in total. The van der Waals surface area contributed by atoms with Crippen LogP contribution in [0.3, 0.4) is 0 Å². The van der Waals surface area contributed by atoms with E-state index in [0.717, 1.165) is 18.0 Å². The molecule has 1 fully saturated rings. The second-order valence-corrected chi connectivity index (χ2v) is 6.78. The molecule has 2 atom stereocenters. The Labute approximate surface area is 127 Å². The van der Waals surface area contributed by atoms with Crippen molar-refractivity contribution in [2.45, 2.75) is 76.8 Å². The number of nitrogens with one attached hydrogen (secondary N) is 2. The van der Waals surface area contributed by atoms with Crippen LogP contribution >= 0.6 is 0 Å². The average Bonchev–Trinajstić information content (AvgIpc) is 2.53. The topological polar surface area (TPSA) is 44.9 Å². The molecule has 3 rings (SSSR count). The number of hydrogen-bond acceptors (Lipinski definition) is 2. The summed E-state index contributed by atoms with van der Waals surface area (Å²) in [7, 11) is 0. The van der Waals surface area contributed by atoms with Crippen molar-refractivity contribution in [3.8, 4) is 0 Å². The highest BCUT2D eigenvalue weighted by Gasteiger charge is 2.27. The fourth-order valence-electron chi connectivity index (χ4n) is 4.26. The fraction of sp³-hybridized carbons (Fsp3) is 0.722. The van der Waals surface area contributed by atoms with E-state index in [9.17, 15) is 4.79 Å². The number of fused-ring (bicyclic) bond motifs is 1. The SMILES string of the molecule is CCC(NC1CCCc2[nH]c(=O)ccc21)C1CCCCC1. The summed E-state index contributed by atoms with van der Waals surface area (Å²) in [4.78, 5) is 14.5. The van der Waals surface area contributed by atoms with Gasteiger partial charge in [0.25, 0.3) is 0 Å². The van der Waals surface area contributed by atoms with Crippen LogP contribution in [-0.4, -0.2) is 11.0 Å². The molecule has 2 aliphatic rings. The van der Waals surface area contributed by atoms with Crippen molar-refractivity contribution in [2.75, 3.05) is 0 Å². The smallest absolute Gasteiger partial charge is 0.248 e. The second-order valence-electron chi connectivity index (χ2n) is 6.78. The lowest BCUT2D eigenvalue weighted by Crippen LogP contribution is -2.40. The van der Waals surface area contributed by atoms with Gasteiger partial charge in [-0.25, -0.2) is 0 Å². The zero-order valence-electron chi connectivity index (χ0n) is 13.2. The van der Waals surface area contributed by atoms with Crippen molar-refractivity contribution in [1.82, 2.24) is 10.3 Å². The number of hydrogen-bond donors (Lipinski definition) is 2. The van der Waals surface area contributed by atoms with Crippen molar-refractivity contribution < 1.29 is 0 Å². The molecule has 2 aliphatic carbocycles. The monoisotopic (exact) mass is 288 g/mol. The summed E-state index contributed by atoms with van der Waals surface area (Å²) in [6.07, 6.45) is 11.6. The van der Waals surface area contributed by atoms with Crippen LogP contribution in [0.2, 0.25) is 0 Å². The molecule has 0 saturated heterocycles. The Bertz CT molecular complexity index is 516. The van der Waals surface area contributed by atoms with Gasteiger partial charge in [-0.1, -0.05) is 32.3 Å². The van der Waals surface area contributed by atoms with Crippen LogP contribution in [0.5, 0.6) is 0 Å². The molecule has 1 heterocycles. The molecule has 0 spiro atoms. The van der Waals surface area contributed by atoms with Gasteiger partial charge < -0.3 is 10.3 Å². The molecule has 0 amide bonds. The van der Waals surface area contributed by atoms with Crippen LogP contribution in [0, 0.1) is 5.92 Å². The van der Waals surface area contributed by atoms with E-state index in [1.54, 1.807) is 6.07 Å². The third-order valence-electron chi connectivity index (χ3n) is 5.41. The molecule has 2 N–H and O–H groups in total. The molecule has 0 radical (unpaired) electrons. The highest BCUT2D eigenvalue weighted by molar-refractivity contribution is 5.26. The Morgan fingerprint density at radius 3 is 2.76 bits per heavy atom.